The molecule has 4 rings (SSSR count). The van der Waals surface area contributed by atoms with Crippen molar-refractivity contribution in [2.75, 3.05) is 18.0 Å². The highest BCUT2D eigenvalue weighted by molar-refractivity contribution is 5.94. The summed E-state index contributed by atoms with van der Waals surface area (Å²) in [5, 5.41) is 3.12. The molecule has 162 valence electrons. The summed E-state index contributed by atoms with van der Waals surface area (Å²) in [5.41, 5.74) is 4.22. The number of nitrogens with zero attached hydrogens (tertiary/aromatic N) is 3. The van der Waals surface area contributed by atoms with Gasteiger partial charge in [0.2, 0.25) is 0 Å². The van der Waals surface area contributed by atoms with Gasteiger partial charge in [0.1, 0.15) is 5.82 Å². The quantitative estimate of drug-likeness (QED) is 0.617. The van der Waals surface area contributed by atoms with E-state index in [1.807, 2.05) is 44.3 Å². The number of piperidine rings is 1. The molecule has 0 spiro atoms. The fraction of sp³-hybridized carbons (Fsp3) is 0.385. The Morgan fingerprint density at radius 2 is 1.90 bits per heavy atom. The molecular formula is C26H32N4O. The molecule has 1 saturated heterocycles. The Kier molecular flexibility index (Phi) is 6.40. The summed E-state index contributed by atoms with van der Waals surface area (Å²) in [4.78, 5) is 19.4. The predicted molar refractivity (Wildman–Crippen MR) is 125 cm³/mol. The molecule has 0 radical (unpaired) electrons. The van der Waals surface area contributed by atoms with Gasteiger partial charge < -0.3 is 14.8 Å². The third kappa shape index (κ3) is 5.16. The van der Waals surface area contributed by atoms with Crippen molar-refractivity contribution in [2.24, 2.45) is 5.92 Å². The highest BCUT2D eigenvalue weighted by Crippen LogP contribution is 2.24. The van der Waals surface area contributed by atoms with Crippen LogP contribution in [0.1, 0.15) is 60.0 Å². The molecule has 1 N–H and O–H groups in total. The summed E-state index contributed by atoms with van der Waals surface area (Å²) in [6, 6.07) is 16.4. The molecule has 1 aliphatic heterocycles. The van der Waals surface area contributed by atoms with Gasteiger partial charge in [-0.05, 0) is 68.0 Å². The summed E-state index contributed by atoms with van der Waals surface area (Å²) in [6.07, 6.45) is 6.35. The number of aromatic nitrogens is 2. The van der Waals surface area contributed by atoms with Crippen LogP contribution in [-0.4, -0.2) is 28.5 Å². The first-order valence-electron chi connectivity index (χ1n) is 11.2. The van der Waals surface area contributed by atoms with Crippen molar-refractivity contribution < 1.29 is 4.79 Å². The Hall–Kier alpha value is -3.08. The van der Waals surface area contributed by atoms with Gasteiger partial charge in [-0.15, -0.1) is 0 Å². The van der Waals surface area contributed by atoms with Gasteiger partial charge in [0.15, 0.2) is 0 Å². The lowest BCUT2D eigenvalue weighted by atomic mass is 9.99. The lowest BCUT2D eigenvalue weighted by Gasteiger charge is -2.33. The second-order valence-corrected chi connectivity index (χ2v) is 8.78. The first kappa shape index (κ1) is 21.2. The number of aryl methyl sites for hydroxylation is 1. The van der Waals surface area contributed by atoms with Gasteiger partial charge in [0.05, 0.1) is 6.04 Å². The molecule has 5 nitrogen and oxygen atoms in total. The summed E-state index contributed by atoms with van der Waals surface area (Å²) < 4.78 is 2.09. The number of rotatable bonds is 6. The van der Waals surface area contributed by atoms with Crippen molar-refractivity contribution in [3.63, 3.8) is 0 Å². The molecule has 1 aliphatic rings. The second kappa shape index (κ2) is 9.38. The minimum absolute atomic E-state index is 0.0462. The van der Waals surface area contributed by atoms with Crippen LogP contribution in [0.2, 0.25) is 0 Å². The molecule has 1 fully saturated rings. The third-order valence-corrected chi connectivity index (χ3v) is 6.26. The van der Waals surface area contributed by atoms with E-state index in [4.69, 9.17) is 0 Å². The maximum Gasteiger partial charge on any atom is 0.251 e. The lowest BCUT2D eigenvalue weighted by molar-refractivity contribution is 0.0940. The van der Waals surface area contributed by atoms with Crippen LogP contribution in [-0.2, 0) is 6.54 Å². The molecule has 5 heteroatoms. The van der Waals surface area contributed by atoms with Crippen molar-refractivity contribution in [1.82, 2.24) is 14.9 Å². The Morgan fingerprint density at radius 1 is 1.16 bits per heavy atom. The van der Waals surface area contributed by atoms with E-state index in [2.05, 4.69) is 51.0 Å². The monoisotopic (exact) mass is 416 g/mol. The van der Waals surface area contributed by atoms with Gasteiger partial charge in [0, 0.05) is 43.3 Å². The van der Waals surface area contributed by atoms with E-state index in [0.29, 0.717) is 5.56 Å². The summed E-state index contributed by atoms with van der Waals surface area (Å²) in [6.45, 7) is 9.36. The van der Waals surface area contributed by atoms with Crippen molar-refractivity contribution in [3.8, 4) is 0 Å². The largest absolute Gasteiger partial charge is 0.371 e. The van der Waals surface area contributed by atoms with Crippen LogP contribution in [0, 0.1) is 12.8 Å². The normalized spacial score (nSPS) is 17.4. The van der Waals surface area contributed by atoms with Gasteiger partial charge in [-0.1, -0.05) is 31.2 Å². The zero-order valence-corrected chi connectivity index (χ0v) is 18.7. The fourth-order valence-corrected chi connectivity index (χ4v) is 4.29. The van der Waals surface area contributed by atoms with Crippen LogP contribution in [0.25, 0.3) is 0 Å². The van der Waals surface area contributed by atoms with Gasteiger partial charge in [-0.3, -0.25) is 4.79 Å². The third-order valence-electron chi connectivity index (χ3n) is 6.26. The highest BCUT2D eigenvalue weighted by atomic mass is 16.1. The molecule has 31 heavy (non-hydrogen) atoms. The number of benzene rings is 2. The molecule has 0 aliphatic carbocycles. The predicted octanol–water partition coefficient (Wildman–Crippen LogP) is 4.97. The smallest absolute Gasteiger partial charge is 0.251 e. The van der Waals surface area contributed by atoms with Crippen molar-refractivity contribution in [1.29, 1.82) is 0 Å². The van der Waals surface area contributed by atoms with E-state index < -0.39 is 0 Å². The number of anilines is 1. The first-order chi connectivity index (χ1) is 15.0. The Morgan fingerprint density at radius 3 is 2.55 bits per heavy atom. The van der Waals surface area contributed by atoms with Crippen LogP contribution in [0.5, 0.6) is 0 Å². The van der Waals surface area contributed by atoms with Gasteiger partial charge in [-0.2, -0.15) is 0 Å². The van der Waals surface area contributed by atoms with Crippen LogP contribution in [0.15, 0.2) is 60.9 Å². The van der Waals surface area contributed by atoms with Crippen molar-refractivity contribution in [3.05, 3.63) is 83.4 Å². The fourth-order valence-electron chi connectivity index (χ4n) is 4.29. The zero-order valence-electron chi connectivity index (χ0n) is 18.7. The summed E-state index contributed by atoms with van der Waals surface area (Å²) in [7, 11) is 0. The molecule has 0 saturated carbocycles. The number of imidazole rings is 1. The molecule has 2 aromatic carbocycles. The van der Waals surface area contributed by atoms with E-state index in [0.717, 1.165) is 42.5 Å². The van der Waals surface area contributed by atoms with E-state index >= 15 is 0 Å². The average molecular weight is 417 g/mol. The highest BCUT2D eigenvalue weighted by Gasteiger charge is 2.17. The second-order valence-electron chi connectivity index (χ2n) is 8.78. The molecule has 1 aromatic heterocycles. The zero-order chi connectivity index (χ0) is 21.8. The topological polar surface area (TPSA) is 50.2 Å². The van der Waals surface area contributed by atoms with Crippen LogP contribution in [0.3, 0.4) is 0 Å². The van der Waals surface area contributed by atoms with Gasteiger partial charge in [-0.25, -0.2) is 4.98 Å². The number of hydrogen-bond donors (Lipinski definition) is 1. The van der Waals surface area contributed by atoms with Gasteiger partial charge in [0.25, 0.3) is 5.91 Å². The van der Waals surface area contributed by atoms with E-state index in [1.54, 1.807) is 6.20 Å². The molecule has 1 amide bonds. The van der Waals surface area contributed by atoms with E-state index in [-0.39, 0.29) is 11.9 Å². The lowest BCUT2D eigenvalue weighted by Crippen LogP contribution is -2.34. The Labute approximate surface area is 185 Å². The van der Waals surface area contributed by atoms with Crippen LogP contribution >= 0.6 is 0 Å². The molecule has 2 atom stereocenters. The number of carbonyl (C=O) groups excluding carboxylic acids is 1. The summed E-state index contributed by atoms with van der Waals surface area (Å²) >= 11 is 0. The molecule has 2 heterocycles. The Bertz CT molecular complexity index is 1010. The SMILES string of the molecule is Cc1nccn1Cc1ccc(C(=O)NC(C)c2ccc(N3CCCC(C)C3)cc2)cc1. The molecule has 3 aromatic rings. The minimum atomic E-state index is -0.0493. The first-order valence-corrected chi connectivity index (χ1v) is 11.2. The number of hydrogen-bond acceptors (Lipinski definition) is 3. The maximum absolute atomic E-state index is 12.7. The molecule has 2 unspecified atom stereocenters. The van der Waals surface area contributed by atoms with Crippen LogP contribution < -0.4 is 10.2 Å². The number of carbonyl (C=O) groups is 1. The number of nitrogens with one attached hydrogen (secondary N) is 1. The Balaban J connectivity index is 1.35. The minimum Gasteiger partial charge on any atom is -0.371 e. The van der Waals surface area contributed by atoms with E-state index in [1.165, 1.54) is 18.5 Å². The van der Waals surface area contributed by atoms with Crippen LogP contribution in [0.4, 0.5) is 5.69 Å². The average Bonchev–Trinajstić information content (AvgIpc) is 3.18. The van der Waals surface area contributed by atoms with Gasteiger partial charge >= 0.3 is 0 Å². The van der Waals surface area contributed by atoms with Crippen molar-refractivity contribution >= 4 is 11.6 Å². The summed E-state index contributed by atoms with van der Waals surface area (Å²) in [5.74, 6) is 1.69. The maximum atomic E-state index is 12.7. The molecule has 0 bridgehead atoms. The number of amides is 1. The van der Waals surface area contributed by atoms with Crippen molar-refractivity contribution in [2.45, 2.75) is 46.2 Å². The van der Waals surface area contributed by atoms with E-state index in [9.17, 15) is 4.79 Å². The molecular weight excluding hydrogens is 384 g/mol. The standard InChI is InChI=1S/C26H32N4O/c1-19-5-4-15-30(17-19)25-12-10-23(11-13-25)20(2)28-26(31)24-8-6-22(7-9-24)18-29-16-14-27-21(29)3/h6-14,16,19-20H,4-5,15,17-18H2,1-3H3,(H,28,31).